The molecule has 0 unspecified atom stereocenters. The summed E-state index contributed by atoms with van der Waals surface area (Å²) in [5.41, 5.74) is -0.250. The van der Waals surface area contributed by atoms with Crippen LogP contribution in [0, 0.1) is 11.8 Å². The van der Waals surface area contributed by atoms with Crippen LogP contribution in [0.25, 0.3) is 0 Å². The summed E-state index contributed by atoms with van der Waals surface area (Å²) in [4.78, 5) is 0. The fraction of sp³-hybridized carbons (Fsp3) is 1.00. The van der Waals surface area contributed by atoms with E-state index in [0.29, 0.717) is 5.92 Å². The Morgan fingerprint density at radius 1 is 1.00 bits per heavy atom. The molecule has 76 valence electrons. The first-order valence-electron chi connectivity index (χ1n) is 5.93. The SMILES string of the molecule is CC1CCC(C2(O)CCCC2)CC1. The van der Waals surface area contributed by atoms with E-state index in [1.165, 1.54) is 38.5 Å². The van der Waals surface area contributed by atoms with Crippen LogP contribution < -0.4 is 0 Å². The molecule has 2 rings (SSSR count). The zero-order valence-electron chi connectivity index (χ0n) is 8.76. The quantitative estimate of drug-likeness (QED) is 0.660. The van der Waals surface area contributed by atoms with Crippen LogP contribution in [0.3, 0.4) is 0 Å². The van der Waals surface area contributed by atoms with Gasteiger partial charge in [-0.15, -0.1) is 0 Å². The summed E-state index contributed by atoms with van der Waals surface area (Å²) in [7, 11) is 0. The minimum Gasteiger partial charge on any atom is -0.390 e. The third-order valence-corrected chi connectivity index (χ3v) is 4.25. The minimum absolute atomic E-state index is 0.250. The molecule has 2 aliphatic carbocycles. The van der Waals surface area contributed by atoms with Gasteiger partial charge in [0.15, 0.2) is 0 Å². The van der Waals surface area contributed by atoms with Crippen molar-refractivity contribution >= 4 is 0 Å². The number of aliphatic hydroxyl groups is 1. The molecule has 0 amide bonds. The van der Waals surface area contributed by atoms with E-state index >= 15 is 0 Å². The Kier molecular flexibility index (Phi) is 2.64. The van der Waals surface area contributed by atoms with Crippen LogP contribution in [0.15, 0.2) is 0 Å². The molecular weight excluding hydrogens is 160 g/mol. The van der Waals surface area contributed by atoms with Crippen molar-refractivity contribution in [2.75, 3.05) is 0 Å². The first kappa shape index (κ1) is 9.51. The van der Waals surface area contributed by atoms with Gasteiger partial charge in [-0.1, -0.05) is 32.6 Å². The molecule has 0 bridgehead atoms. The maximum atomic E-state index is 10.4. The predicted molar refractivity (Wildman–Crippen MR) is 54.5 cm³/mol. The summed E-state index contributed by atoms with van der Waals surface area (Å²) < 4.78 is 0. The van der Waals surface area contributed by atoms with E-state index in [1.54, 1.807) is 0 Å². The lowest BCUT2D eigenvalue weighted by molar-refractivity contribution is -0.0313. The number of hydrogen-bond acceptors (Lipinski definition) is 1. The van der Waals surface area contributed by atoms with Crippen LogP contribution >= 0.6 is 0 Å². The second-order valence-electron chi connectivity index (χ2n) is 5.27. The van der Waals surface area contributed by atoms with Crippen molar-refractivity contribution in [1.29, 1.82) is 0 Å². The minimum atomic E-state index is -0.250. The number of hydrogen-bond donors (Lipinski definition) is 1. The molecule has 0 heterocycles. The second-order valence-corrected chi connectivity index (χ2v) is 5.27. The molecule has 0 aromatic carbocycles. The molecule has 0 spiro atoms. The van der Waals surface area contributed by atoms with Gasteiger partial charge in [-0.3, -0.25) is 0 Å². The van der Waals surface area contributed by atoms with E-state index < -0.39 is 0 Å². The van der Waals surface area contributed by atoms with Gasteiger partial charge in [0.25, 0.3) is 0 Å². The summed E-state index contributed by atoms with van der Waals surface area (Å²) in [6.45, 7) is 2.34. The highest BCUT2D eigenvalue weighted by Gasteiger charge is 2.40. The highest BCUT2D eigenvalue weighted by molar-refractivity contribution is 4.92. The van der Waals surface area contributed by atoms with Gasteiger partial charge in [0.1, 0.15) is 0 Å². The third kappa shape index (κ3) is 1.90. The highest BCUT2D eigenvalue weighted by atomic mass is 16.3. The van der Waals surface area contributed by atoms with Gasteiger partial charge < -0.3 is 5.11 Å². The van der Waals surface area contributed by atoms with E-state index in [4.69, 9.17) is 0 Å². The van der Waals surface area contributed by atoms with Crippen LogP contribution in [0.2, 0.25) is 0 Å². The Morgan fingerprint density at radius 3 is 2.08 bits per heavy atom. The summed E-state index contributed by atoms with van der Waals surface area (Å²) in [5.74, 6) is 1.53. The Morgan fingerprint density at radius 2 is 1.54 bits per heavy atom. The second kappa shape index (κ2) is 3.61. The maximum absolute atomic E-state index is 10.4. The molecule has 0 radical (unpaired) electrons. The molecule has 0 atom stereocenters. The van der Waals surface area contributed by atoms with Crippen molar-refractivity contribution in [3.8, 4) is 0 Å². The topological polar surface area (TPSA) is 20.2 Å². The molecule has 2 aliphatic rings. The van der Waals surface area contributed by atoms with Crippen molar-refractivity contribution in [3.63, 3.8) is 0 Å². The lowest BCUT2D eigenvalue weighted by Crippen LogP contribution is -2.36. The van der Waals surface area contributed by atoms with Crippen molar-refractivity contribution in [2.45, 2.75) is 63.9 Å². The molecule has 0 aliphatic heterocycles. The van der Waals surface area contributed by atoms with Gasteiger partial charge in [-0.2, -0.15) is 0 Å². The summed E-state index contributed by atoms with van der Waals surface area (Å²) in [6.07, 6.45) is 9.89. The van der Waals surface area contributed by atoms with Gasteiger partial charge in [-0.25, -0.2) is 0 Å². The van der Waals surface area contributed by atoms with Gasteiger partial charge in [0.2, 0.25) is 0 Å². The molecule has 13 heavy (non-hydrogen) atoms. The van der Waals surface area contributed by atoms with Crippen molar-refractivity contribution in [2.24, 2.45) is 11.8 Å². The molecule has 1 nitrogen and oxygen atoms in total. The molecule has 0 aromatic rings. The lowest BCUT2D eigenvalue weighted by atomic mass is 9.73. The van der Waals surface area contributed by atoms with Gasteiger partial charge in [0.05, 0.1) is 5.60 Å². The maximum Gasteiger partial charge on any atom is 0.0675 e. The molecule has 2 fully saturated rings. The zero-order valence-corrected chi connectivity index (χ0v) is 8.76. The first-order chi connectivity index (χ1) is 6.21. The normalized spacial score (nSPS) is 39.2. The fourth-order valence-electron chi connectivity index (χ4n) is 3.19. The summed E-state index contributed by atoms with van der Waals surface area (Å²) in [5, 5.41) is 10.4. The lowest BCUT2D eigenvalue weighted by Gasteiger charge is -2.37. The van der Waals surface area contributed by atoms with E-state index in [9.17, 15) is 5.11 Å². The largest absolute Gasteiger partial charge is 0.390 e. The van der Waals surface area contributed by atoms with Crippen LogP contribution in [0.1, 0.15) is 58.3 Å². The first-order valence-corrected chi connectivity index (χ1v) is 5.93. The Labute approximate surface area is 81.5 Å². The zero-order chi connectivity index (χ0) is 9.31. The molecule has 1 heteroatoms. The van der Waals surface area contributed by atoms with Gasteiger partial charge in [0, 0.05) is 0 Å². The van der Waals surface area contributed by atoms with E-state index in [-0.39, 0.29) is 5.60 Å². The summed E-state index contributed by atoms with van der Waals surface area (Å²) in [6, 6.07) is 0. The highest BCUT2D eigenvalue weighted by Crippen LogP contribution is 2.43. The van der Waals surface area contributed by atoms with Gasteiger partial charge in [-0.05, 0) is 37.5 Å². The van der Waals surface area contributed by atoms with Crippen molar-refractivity contribution < 1.29 is 5.11 Å². The monoisotopic (exact) mass is 182 g/mol. The Hall–Kier alpha value is -0.0400. The fourth-order valence-corrected chi connectivity index (χ4v) is 3.19. The number of rotatable bonds is 1. The Bertz CT molecular complexity index is 162. The van der Waals surface area contributed by atoms with Crippen molar-refractivity contribution in [3.05, 3.63) is 0 Å². The molecule has 2 saturated carbocycles. The smallest absolute Gasteiger partial charge is 0.0675 e. The van der Waals surface area contributed by atoms with Crippen LogP contribution in [-0.4, -0.2) is 10.7 Å². The molecular formula is C12H22O. The molecule has 0 saturated heterocycles. The standard InChI is InChI=1S/C12H22O/c1-10-4-6-11(7-5-10)12(13)8-2-3-9-12/h10-11,13H,2-9H2,1H3. The average molecular weight is 182 g/mol. The molecule has 0 aromatic heterocycles. The van der Waals surface area contributed by atoms with Crippen LogP contribution in [0.5, 0.6) is 0 Å². The van der Waals surface area contributed by atoms with Crippen molar-refractivity contribution in [1.82, 2.24) is 0 Å². The van der Waals surface area contributed by atoms with E-state index in [1.807, 2.05) is 0 Å². The average Bonchev–Trinajstić information content (AvgIpc) is 2.54. The van der Waals surface area contributed by atoms with Gasteiger partial charge >= 0.3 is 0 Å². The summed E-state index contributed by atoms with van der Waals surface area (Å²) >= 11 is 0. The van der Waals surface area contributed by atoms with E-state index in [0.717, 1.165) is 18.8 Å². The third-order valence-electron chi connectivity index (χ3n) is 4.25. The predicted octanol–water partition coefficient (Wildman–Crippen LogP) is 3.12. The van der Waals surface area contributed by atoms with Crippen LogP contribution in [0.4, 0.5) is 0 Å². The molecule has 1 N–H and O–H groups in total. The van der Waals surface area contributed by atoms with Crippen LogP contribution in [-0.2, 0) is 0 Å². The van der Waals surface area contributed by atoms with E-state index in [2.05, 4.69) is 6.92 Å². The Balaban J connectivity index is 1.93.